The average molecular weight is 297 g/mol. The summed E-state index contributed by atoms with van der Waals surface area (Å²) in [5, 5.41) is 11.2. The fourth-order valence-corrected chi connectivity index (χ4v) is 1.88. The Hall–Kier alpha value is -1.85. The van der Waals surface area contributed by atoms with Gasteiger partial charge in [-0.2, -0.15) is 10.2 Å². The van der Waals surface area contributed by atoms with E-state index >= 15 is 0 Å². The number of carbonyl (C=O) groups excluding carboxylic acids is 1. The third kappa shape index (κ3) is 3.33. The summed E-state index contributed by atoms with van der Waals surface area (Å²) in [7, 11) is 0. The lowest BCUT2D eigenvalue weighted by Crippen LogP contribution is -2.18. The van der Waals surface area contributed by atoms with Crippen molar-refractivity contribution in [2.45, 2.75) is 6.92 Å². The zero-order chi connectivity index (χ0) is 13.8. The van der Waals surface area contributed by atoms with Crippen LogP contribution in [0.1, 0.15) is 21.7 Å². The van der Waals surface area contributed by atoms with Gasteiger partial charge < -0.3 is 0 Å². The maximum absolute atomic E-state index is 11.6. The number of hydrogen-bond donors (Lipinski definition) is 2. The Morgan fingerprint density at radius 1 is 1.42 bits per heavy atom. The van der Waals surface area contributed by atoms with Crippen molar-refractivity contribution in [3.05, 3.63) is 51.3 Å². The molecule has 0 bridgehead atoms. The SMILES string of the molecule is Cc1cc(C(=O)N/N=C/c2c(Cl)cccc2Cl)n[nH]1. The minimum atomic E-state index is -0.413. The first kappa shape index (κ1) is 13.6. The number of hydrogen-bond acceptors (Lipinski definition) is 3. The Balaban J connectivity index is 2.06. The van der Waals surface area contributed by atoms with E-state index in [2.05, 4.69) is 20.7 Å². The number of H-pyrrole nitrogens is 1. The van der Waals surface area contributed by atoms with Crippen LogP contribution >= 0.6 is 23.2 Å². The fraction of sp³-hybridized carbons (Fsp3) is 0.0833. The number of hydrazone groups is 1. The van der Waals surface area contributed by atoms with Gasteiger partial charge in [0.1, 0.15) is 0 Å². The van der Waals surface area contributed by atoms with E-state index in [0.717, 1.165) is 5.69 Å². The van der Waals surface area contributed by atoms with Crippen LogP contribution < -0.4 is 5.43 Å². The monoisotopic (exact) mass is 296 g/mol. The summed E-state index contributed by atoms with van der Waals surface area (Å²) in [5.41, 5.74) is 3.95. The number of benzene rings is 1. The maximum Gasteiger partial charge on any atom is 0.291 e. The average Bonchev–Trinajstić information content (AvgIpc) is 2.79. The van der Waals surface area contributed by atoms with E-state index in [9.17, 15) is 4.79 Å². The van der Waals surface area contributed by atoms with Crippen LogP contribution in [0.4, 0.5) is 0 Å². The smallest absolute Gasteiger partial charge is 0.282 e. The van der Waals surface area contributed by atoms with Crippen LogP contribution in [-0.4, -0.2) is 22.3 Å². The summed E-state index contributed by atoms with van der Waals surface area (Å²) in [6, 6.07) is 6.72. The van der Waals surface area contributed by atoms with Crippen LogP contribution in [0, 0.1) is 6.92 Å². The highest BCUT2D eigenvalue weighted by molar-refractivity contribution is 6.38. The van der Waals surface area contributed by atoms with E-state index in [4.69, 9.17) is 23.2 Å². The number of aryl methyl sites for hydroxylation is 1. The fourth-order valence-electron chi connectivity index (χ4n) is 1.38. The van der Waals surface area contributed by atoms with Gasteiger partial charge >= 0.3 is 0 Å². The third-order valence-electron chi connectivity index (χ3n) is 2.30. The largest absolute Gasteiger partial charge is 0.291 e. The van der Waals surface area contributed by atoms with E-state index in [1.807, 2.05) is 0 Å². The van der Waals surface area contributed by atoms with Crippen molar-refractivity contribution in [1.82, 2.24) is 15.6 Å². The Bertz CT molecular complexity index is 616. The number of nitrogens with zero attached hydrogens (tertiary/aromatic N) is 2. The molecule has 0 saturated carbocycles. The molecule has 1 amide bonds. The standard InChI is InChI=1S/C12H10Cl2N4O/c1-7-5-11(17-16-7)12(19)18-15-6-8-9(13)3-2-4-10(8)14/h2-6H,1H3,(H,16,17)(H,18,19)/b15-6+. The Morgan fingerprint density at radius 2 is 2.11 bits per heavy atom. The molecule has 0 aliphatic heterocycles. The molecule has 1 aromatic heterocycles. The van der Waals surface area contributed by atoms with Gasteiger partial charge in [-0.3, -0.25) is 9.89 Å². The number of aromatic nitrogens is 2. The quantitative estimate of drug-likeness (QED) is 0.675. The molecule has 0 spiro atoms. The second-order valence-corrected chi connectivity index (χ2v) is 4.59. The van der Waals surface area contributed by atoms with Gasteiger partial charge in [-0.25, -0.2) is 5.43 Å². The molecule has 0 aliphatic rings. The summed E-state index contributed by atoms with van der Waals surface area (Å²) in [6.45, 7) is 1.80. The molecule has 0 unspecified atom stereocenters. The van der Waals surface area contributed by atoms with Crippen molar-refractivity contribution < 1.29 is 4.79 Å². The van der Waals surface area contributed by atoms with Crippen molar-refractivity contribution in [2.24, 2.45) is 5.10 Å². The zero-order valence-corrected chi connectivity index (χ0v) is 11.5. The Labute approximate surface area is 119 Å². The van der Waals surface area contributed by atoms with E-state index in [0.29, 0.717) is 15.6 Å². The van der Waals surface area contributed by atoms with E-state index in [1.165, 1.54) is 6.21 Å². The molecular formula is C12H10Cl2N4O. The molecule has 0 fully saturated rings. The molecule has 0 saturated heterocycles. The highest BCUT2D eigenvalue weighted by atomic mass is 35.5. The Morgan fingerprint density at radius 3 is 2.68 bits per heavy atom. The second-order valence-electron chi connectivity index (χ2n) is 3.77. The first-order valence-electron chi connectivity index (χ1n) is 5.37. The molecule has 1 heterocycles. The third-order valence-corrected chi connectivity index (χ3v) is 2.96. The van der Waals surface area contributed by atoms with Gasteiger partial charge in [0.15, 0.2) is 5.69 Å². The van der Waals surface area contributed by atoms with Crippen LogP contribution in [0.3, 0.4) is 0 Å². The molecule has 0 radical (unpaired) electrons. The van der Waals surface area contributed by atoms with Gasteiger partial charge in [0.25, 0.3) is 5.91 Å². The molecule has 2 N–H and O–H groups in total. The number of halogens is 2. The summed E-state index contributed by atoms with van der Waals surface area (Å²) >= 11 is 11.9. The van der Waals surface area contributed by atoms with Crippen molar-refractivity contribution >= 4 is 35.3 Å². The molecule has 2 rings (SSSR count). The molecule has 7 heteroatoms. The molecule has 5 nitrogen and oxygen atoms in total. The lowest BCUT2D eigenvalue weighted by atomic mass is 10.2. The number of amides is 1. The highest BCUT2D eigenvalue weighted by Gasteiger charge is 2.08. The molecule has 1 aromatic carbocycles. The van der Waals surface area contributed by atoms with Gasteiger partial charge in [0.2, 0.25) is 0 Å². The number of rotatable bonds is 3. The number of nitrogens with one attached hydrogen (secondary N) is 2. The van der Waals surface area contributed by atoms with Crippen LogP contribution in [0.15, 0.2) is 29.4 Å². The molecule has 0 atom stereocenters. The number of aromatic amines is 1. The van der Waals surface area contributed by atoms with Crippen molar-refractivity contribution in [2.75, 3.05) is 0 Å². The van der Waals surface area contributed by atoms with Gasteiger partial charge in [0.05, 0.1) is 16.3 Å². The Kier molecular flexibility index (Phi) is 4.19. The van der Waals surface area contributed by atoms with Crippen LogP contribution in [0.25, 0.3) is 0 Å². The predicted molar refractivity (Wildman–Crippen MR) is 74.8 cm³/mol. The summed E-state index contributed by atoms with van der Waals surface area (Å²) in [5.74, 6) is -0.413. The molecule has 98 valence electrons. The molecule has 19 heavy (non-hydrogen) atoms. The second kappa shape index (κ2) is 5.86. The topological polar surface area (TPSA) is 70.1 Å². The van der Waals surface area contributed by atoms with Crippen LogP contribution in [0.2, 0.25) is 10.0 Å². The van der Waals surface area contributed by atoms with Crippen LogP contribution in [0.5, 0.6) is 0 Å². The first-order valence-corrected chi connectivity index (χ1v) is 6.13. The lowest BCUT2D eigenvalue weighted by Gasteiger charge is -2.00. The molecule has 0 aliphatic carbocycles. The van der Waals surface area contributed by atoms with Gasteiger partial charge in [0, 0.05) is 11.3 Å². The number of carbonyl (C=O) groups is 1. The minimum absolute atomic E-state index is 0.264. The van der Waals surface area contributed by atoms with Gasteiger partial charge in [-0.1, -0.05) is 29.3 Å². The maximum atomic E-state index is 11.6. The van der Waals surface area contributed by atoms with E-state index in [-0.39, 0.29) is 5.69 Å². The van der Waals surface area contributed by atoms with Crippen molar-refractivity contribution in [1.29, 1.82) is 0 Å². The molecular weight excluding hydrogens is 287 g/mol. The minimum Gasteiger partial charge on any atom is -0.282 e. The lowest BCUT2D eigenvalue weighted by molar-refractivity contribution is 0.0950. The van der Waals surface area contributed by atoms with E-state index in [1.54, 1.807) is 31.2 Å². The summed E-state index contributed by atoms with van der Waals surface area (Å²) in [4.78, 5) is 11.6. The van der Waals surface area contributed by atoms with Gasteiger partial charge in [-0.15, -0.1) is 0 Å². The van der Waals surface area contributed by atoms with E-state index < -0.39 is 5.91 Å². The summed E-state index contributed by atoms with van der Waals surface area (Å²) in [6.07, 6.45) is 1.39. The van der Waals surface area contributed by atoms with Crippen molar-refractivity contribution in [3.8, 4) is 0 Å². The van der Waals surface area contributed by atoms with Crippen molar-refractivity contribution in [3.63, 3.8) is 0 Å². The summed E-state index contributed by atoms with van der Waals surface area (Å²) < 4.78 is 0. The predicted octanol–water partition coefficient (Wildman–Crippen LogP) is 2.79. The molecule has 2 aromatic rings. The zero-order valence-electron chi connectivity index (χ0n) is 9.95. The highest BCUT2D eigenvalue weighted by Crippen LogP contribution is 2.21. The first-order chi connectivity index (χ1) is 9.08. The van der Waals surface area contributed by atoms with Crippen LogP contribution in [-0.2, 0) is 0 Å². The van der Waals surface area contributed by atoms with Gasteiger partial charge in [-0.05, 0) is 25.1 Å². The normalized spacial score (nSPS) is 10.9.